The van der Waals surface area contributed by atoms with Gasteiger partial charge < -0.3 is 14.5 Å². The number of anilines is 1. The summed E-state index contributed by atoms with van der Waals surface area (Å²) in [6.45, 7) is 1.16. The molecule has 0 saturated carbocycles. The van der Waals surface area contributed by atoms with Gasteiger partial charge in [-0.1, -0.05) is 30.3 Å². The number of piperidine rings is 1. The maximum atomic E-state index is 13.8. The number of aromatic nitrogens is 4. The number of fused-ring (bicyclic) bond motifs is 2. The first-order valence-corrected chi connectivity index (χ1v) is 10.3. The fraction of sp³-hybridized carbons (Fsp3) is 0.429. The van der Waals surface area contributed by atoms with E-state index in [0.29, 0.717) is 31.9 Å². The lowest BCUT2D eigenvalue weighted by Gasteiger charge is -2.37. The third-order valence-corrected chi connectivity index (χ3v) is 6.60. The summed E-state index contributed by atoms with van der Waals surface area (Å²) in [7, 11) is 0. The molecule has 1 aromatic carbocycles. The highest BCUT2D eigenvalue weighted by Crippen LogP contribution is 2.47. The molecule has 0 radical (unpaired) electrons. The van der Waals surface area contributed by atoms with Crippen molar-refractivity contribution < 1.29 is 13.9 Å². The van der Waals surface area contributed by atoms with Crippen LogP contribution >= 0.6 is 0 Å². The van der Waals surface area contributed by atoms with Crippen LogP contribution in [-0.2, 0) is 9.53 Å². The van der Waals surface area contributed by atoms with E-state index in [9.17, 15) is 9.18 Å². The van der Waals surface area contributed by atoms with E-state index in [-0.39, 0.29) is 23.8 Å². The van der Waals surface area contributed by atoms with Gasteiger partial charge >= 0.3 is 0 Å². The van der Waals surface area contributed by atoms with Crippen molar-refractivity contribution in [2.24, 2.45) is 0 Å². The molecule has 3 aliphatic heterocycles. The van der Waals surface area contributed by atoms with Crippen molar-refractivity contribution >= 4 is 17.5 Å². The van der Waals surface area contributed by atoms with Crippen molar-refractivity contribution in [1.29, 1.82) is 0 Å². The van der Waals surface area contributed by atoms with E-state index in [4.69, 9.17) is 4.74 Å². The van der Waals surface area contributed by atoms with Gasteiger partial charge in [0.1, 0.15) is 12.6 Å². The molecule has 0 unspecified atom stereocenters. The van der Waals surface area contributed by atoms with Crippen LogP contribution in [0.5, 0.6) is 0 Å². The zero-order chi connectivity index (χ0) is 20.3. The Morgan fingerprint density at radius 1 is 1.10 bits per heavy atom. The summed E-state index contributed by atoms with van der Waals surface area (Å²) in [5, 5.41) is 4.06. The van der Waals surface area contributed by atoms with Gasteiger partial charge in [-0.05, 0) is 18.4 Å². The summed E-state index contributed by atoms with van der Waals surface area (Å²) in [6, 6.07) is 10.3. The minimum Gasteiger partial charge on any atom is -0.342 e. The third-order valence-electron chi connectivity index (χ3n) is 6.60. The van der Waals surface area contributed by atoms with Crippen LogP contribution in [0.15, 0.2) is 42.9 Å². The lowest BCUT2D eigenvalue weighted by atomic mass is 9.89. The van der Waals surface area contributed by atoms with E-state index in [1.807, 2.05) is 28.0 Å². The Balaban J connectivity index is 1.23. The van der Waals surface area contributed by atoms with Gasteiger partial charge in [-0.2, -0.15) is 9.61 Å². The molecule has 154 valence electrons. The quantitative estimate of drug-likeness (QED) is 0.648. The van der Waals surface area contributed by atoms with Crippen LogP contribution in [0.1, 0.15) is 37.3 Å². The first-order chi connectivity index (χ1) is 14.7. The van der Waals surface area contributed by atoms with Gasteiger partial charge in [0.15, 0.2) is 17.1 Å². The van der Waals surface area contributed by atoms with E-state index in [2.05, 4.69) is 27.2 Å². The van der Waals surface area contributed by atoms with Crippen molar-refractivity contribution in [3.63, 3.8) is 0 Å². The number of nitrogens with zero attached hydrogens (tertiary/aromatic N) is 6. The molecule has 5 heterocycles. The maximum Gasteiger partial charge on any atom is 0.257 e. The second-order valence-corrected chi connectivity index (χ2v) is 8.17. The van der Waals surface area contributed by atoms with E-state index >= 15 is 0 Å². The summed E-state index contributed by atoms with van der Waals surface area (Å²) >= 11 is 0. The molecule has 3 aliphatic rings. The van der Waals surface area contributed by atoms with Crippen molar-refractivity contribution in [3.05, 3.63) is 54.2 Å². The Bertz CT molecular complexity index is 1110. The number of ether oxygens (including phenoxy) is 1. The smallest absolute Gasteiger partial charge is 0.257 e. The Hall–Kier alpha value is -3.07. The monoisotopic (exact) mass is 408 g/mol. The van der Waals surface area contributed by atoms with Gasteiger partial charge in [-0.3, -0.25) is 4.79 Å². The first kappa shape index (κ1) is 17.8. The fourth-order valence-corrected chi connectivity index (χ4v) is 5.11. The van der Waals surface area contributed by atoms with Crippen molar-refractivity contribution in [1.82, 2.24) is 24.5 Å². The van der Waals surface area contributed by atoms with Gasteiger partial charge in [0, 0.05) is 25.9 Å². The molecule has 1 amide bonds. The second kappa shape index (κ2) is 6.46. The SMILES string of the molecule is O=C1N2[C@@H](CC[C@H]2c2ccccc2)OC12CCN(c1ncnc3c(F)cnn13)CC2. The number of rotatable bonds is 2. The standard InChI is InChI=1S/C21H21FN6O2/c22-15-12-25-28-18(15)23-13-24-20(28)26-10-8-21(9-11-26)19(29)27-16(6-7-17(27)30-21)14-4-2-1-3-5-14/h1-5,12-13,16-17H,6-11H2/t16-,17+/m0/s1. The predicted molar refractivity (Wildman–Crippen MR) is 105 cm³/mol. The zero-order valence-corrected chi connectivity index (χ0v) is 16.3. The second-order valence-electron chi connectivity index (χ2n) is 8.17. The normalized spacial score (nSPS) is 25.4. The number of carbonyl (C=O) groups is 1. The van der Waals surface area contributed by atoms with Crippen LogP contribution in [0.2, 0.25) is 0 Å². The minimum absolute atomic E-state index is 0.0784. The van der Waals surface area contributed by atoms with Crippen molar-refractivity contribution in [3.8, 4) is 0 Å². The fourth-order valence-electron chi connectivity index (χ4n) is 5.11. The lowest BCUT2D eigenvalue weighted by Crippen LogP contribution is -2.51. The van der Waals surface area contributed by atoms with E-state index < -0.39 is 11.4 Å². The molecule has 8 nitrogen and oxygen atoms in total. The maximum absolute atomic E-state index is 13.8. The highest BCUT2D eigenvalue weighted by Gasteiger charge is 2.58. The highest BCUT2D eigenvalue weighted by atomic mass is 19.1. The Kier molecular flexibility index (Phi) is 3.83. The topological polar surface area (TPSA) is 75.9 Å². The summed E-state index contributed by atoms with van der Waals surface area (Å²) in [5.41, 5.74) is 0.534. The number of amides is 1. The molecular formula is C21H21FN6O2. The molecular weight excluding hydrogens is 387 g/mol. The van der Waals surface area contributed by atoms with Gasteiger partial charge in [0.2, 0.25) is 5.95 Å². The molecule has 9 heteroatoms. The molecule has 3 aromatic rings. The number of hydrogen-bond acceptors (Lipinski definition) is 6. The average Bonchev–Trinajstić information content (AvgIpc) is 3.44. The number of carbonyl (C=O) groups excluding carboxylic acids is 1. The van der Waals surface area contributed by atoms with Crippen LogP contribution in [0, 0.1) is 5.82 Å². The number of hydrogen-bond donors (Lipinski definition) is 0. The van der Waals surface area contributed by atoms with Crippen LogP contribution < -0.4 is 4.90 Å². The Morgan fingerprint density at radius 2 is 1.90 bits per heavy atom. The van der Waals surface area contributed by atoms with E-state index in [1.54, 1.807) is 0 Å². The van der Waals surface area contributed by atoms with Crippen molar-refractivity contribution in [2.75, 3.05) is 18.0 Å². The molecule has 30 heavy (non-hydrogen) atoms. The molecule has 3 saturated heterocycles. The van der Waals surface area contributed by atoms with E-state index in [0.717, 1.165) is 24.6 Å². The highest BCUT2D eigenvalue weighted by molar-refractivity contribution is 5.88. The molecule has 3 fully saturated rings. The van der Waals surface area contributed by atoms with Gasteiger partial charge in [-0.25, -0.2) is 14.4 Å². The first-order valence-electron chi connectivity index (χ1n) is 10.3. The molecule has 0 bridgehead atoms. The summed E-state index contributed by atoms with van der Waals surface area (Å²) in [5.74, 6) is 0.150. The number of halogens is 1. The summed E-state index contributed by atoms with van der Waals surface area (Å²) in [4.78, 5) is 25.7. The van der Waals surface area contributed by atoms with Crippen LogP contribution in [0.4, 0.5) is 10.3 Å². The average molecular weight is 408 g/mol. The van der Waals surface area contributed by atoms with Gasteiger partial charge in [0.25, 0.3) is 5.91 Å². The van der Waals surface area contributed by atoms with Gasteiger partial charge in [-0.15, -0.1) is 0 Å². The third kappa shape index (κ3) is 2.48. The Morgan fingerprint density at radius 3 is 2.70 bits per heavy atom. The molecule has 1 spiro atoms. The predicted octanol–water partition coefficient (Wildman–Crippen LogP) is 2.32. The molecule has 0 aliphatic carbocycles. The van der Waals surface area contributed by atoms with Crippen molar-refractivity contribution in [2.45, 2.75) is 43.6 Å². The zero-order valence-electron chi connectivity index (χ0n) is 16.3. The van der Waals surface area contributed by atoms with E-state index in [1.165, 1.54) is 10.8 Å². The minimum atomic E-state index is -0.782. The van der Waals surface area contributed by atoms with Gasteiger partial charge in [0.05, 0.1) is 12.2 Å². The molecule has 6 rings (SSSR count). The number of benzene rings is 1. The van der Waals surface area contributed by atoms with Crippen LogP contribution in [-0.4, -0.2) is 55.3 Å². The summed E-state index contributed by atoms with van der Waals surface area (Å²) in [6.07, 6.45) is 5.24. The lowest BCUT2D eigenvalue weighted by molar-refractivity contribution is -0.140. The summed E-state index contributed by atoms with van der Waals surface area (Å²) < 4.78 is 21.6. The van der Waals surface area contributed by atoms with Crippen LogP contribution in [0.25, 0.3) is 5.65 Å². The molecule has 2 atom stereocenters. The molecule has 2 aromatic heterocycles. The largest absolute Gasteiger partial charge is 0.342 e. The molecule has 0 N–H and O–H groups in total. The Labute approximate surface area is 172 Å². The van der Waals surface area contributed by atoms with Crippen LogP contribution in [0.3, 0.4) is 0 Å².